The molecule has 0 unspecified atom stereocenters. The third kappa shape index (κ3) is 8.18. The van der Waals surface area contributed by atoms with E-state index in [-0.39, 0.29) is 48.2 Å². The minimum atomic E-state index is -3.95. The van der Waals surface area contributed by atoms with E-state index in [9.17, 15) is 23.1 Å². The summed E-state index contributed by atoms with van der Waals surface area (Å²) in [7, 11) is -3.95. The van der Waals surface area contributed by atoms with Gasteiger partial charge in [0.25, 0.3) is 0 Å². The van der Waals surface area contributed by atoms with Gasteiger partial charge in [-0.2, -0.15) is 4.31 Å². The summed E-state index contributed by atoms with van der Waals surface area (Å²) >= 11 is 0. The van der Waals surface area contributed by atoms with Gasteiger partial charge in [-0.05, 0) is 54.5 Å². The normalized spacial score (nSPS) is 16.6. The zero-order valence-electron chi connectivity index (χ0n) is 23.8. The lowest BCUT2D eigenvalue weighted by molar-refractivity contribution is -0.128. The first-order valence-electron chi connectivity index (χ1n) is 13.8. The molecule has 3 amide bonds. The number of anilines is 1. The molecule has 1 heterocycles. The second-order valence-corrected chi connectivity index (χ2v) is 13.1. The number of carbonyl (C=O) groups is 2. The van der Waals surface area contributed by atoms with Crippen molar-refractivity contribution in [3.63, 3.8) is 0 Å². The predicted octanol–water partition coefficient (Wildman–Crippen LogP) is 2.44. The number of benzene rings is 2. The Kier molecular flexibility index (Phi) is 11.0. The summed E-state index contributed by atoms with van der Waals surface area (Å²) < 4.78 is 28.4. The van der Waals surface area contributed by atoms with Crippen molar-refractivity contribution in [2.75, 3.05) is 31.9 Å². The number of rotatable bonds is 13. The highest BCUT2D eigenvalue weighted by molar-refractivity contribution is 7.89. The van der Waals surface area contributed by atoms with Crippen molar-refractivity contribution in [2.45, 2.75) is 63.6 Å². The van der Waals surface area contributed by atoms with E-state index < -0.39 is 28.2 Å². The van der Waals surface area contributed by atoms with Crippen LogP contribution in [0.5, 0.6) is 0 Å². The van der Waals surface area contributed by atoms with Gasteiger partial charge in [0.2, 0.25) is 15.9 Å². The molecule has 3 atom stereocenters. The Morgan fingerprint density at radius 3 is 2.30 bits per heavy atom. The molecule has 3 rings (SSSR count). The zero-order chi connectivity index (χ0) is 29.4. The van der Waals surface area contributed by atoms with Crippen molar-refractivity contribution in [3.05, 3.63) is 60.2 Å². The highest BCUT2D eigenvalue weighted by Gasteiger charge is 2.37. The molecule has 1 aliphatic heterocycles. The lowest BCUT2D eigenvalue weighted by Gasteiger charge is -2.37. The molecule has 0 bridgehead atoms. The van der Waals surface area contributed by atoms with Gasteiger partial charge in [0, 0.05) is 31.9 Å². The Bertz CT molecular complexity index is 1220. The van der Waals surface area contributed by atoms with Gasteiger partial charge in [-0.1, -0.05) is 58.0 Å². The number of amides is 3. The number of carbonyl (C=O) groups excluding carboxylic acids is 2. The van der Waals surface area contributed by atoms with Crippen LogP contribution in [0.4, 0.5) is 10.5 Å². The molecule has 0 radical (unpaired) electrons. The van der Waals surface area contributed by atoms with E-state index in [0.717, 1.165) is 12.0 Å². The molecule has 0 saturated carbocycles. The minimum Gasteiger partial charge on any atom is -0.399 e. The monoisotopic (exact) mass is 573 g/mol. The maximum absolute atomic E-state index is 13.7. The van der Waals surface area contributed by atoms with Crippen LogP contribution in [-0.2, 0) is 21.2 Å². The highest BCUT2D eigenvalue weighted by Crippen LogP contribution is 2.21. The summed E-state index contributed by atoms with van der Waals surface area (Å²) in [5.74, 6) is -0.577. The van der Waals surface area contributed by atoms with Crippen LogP contribution in [0.2, 0.25) is 0 Å². The van der Waals surface area contributed by atoms with E-state index in [1.165, 1.54) is 33.5 Å². The molecule has 0 aromatic heterocycles. The zero-order valence-corrected chi connectivity index (χ0v) is 24.6. The Morgan fingerprint density at radius 1 is 1.07 bits per heavy atom. The van der Waals surface area contributed by atoms with Gasteiger partial charge in [-0.25, -0.2) is 13.2 Å². The summed E-state index contributed by atoms with van der Waals surface area (Å²) in [6, 6.07) is 13.5. The molecule has 0 aliphatic carbocycles. The molecule has 1 saturated heterocycles. The standard InChI is InChI=1S/C29H43N5O5S/c1-20(2)18-33(40(38,39)24-13-11-23(30)12-14-24)19-26(35)25(17-22-9-6-5-7-10-22)32-28(36)27(21(3)4)34-16-8-15-31-29(34)37/h5-7,9-14,20-21,25-27,35H,8,15-19,30H2,1-4H3,(H,31,37)(H,32,36)/t25-,26+,27-/m0/s1. The molecule has 0 spiro atoms. The van der Waals surface area contributed by atoms with Gasteiger partial charge in [0.1, 0.15) is 6.04 Å². The van der Waals surface area contributed by atoms with E-state index >= 15 is 0 Å². The van der Waals surface area contributed by atoms with Gasteiger partial charge in [-0.3, -0.25) is 4.79 Å². The molecule has 5 N–H and O–H groups in total. The van der Waals surface area contributed by atoms with Gasteiger partial charge >= 0.3 is 6.03 Å². The molecule has 220 valence electrons. The summed E-state index contributed by atoms with van der Waals surface area (Å²) in [4.78, 5) is 27.8. The first-order chi connectivity index (χ1) is 18.9. The summed E-state index contributed by atoms with van der Waals surface area (Å²) in [5, 5.41) is 17.3. The molecule has 2 aromatic carbocycles. The number of nitrogens with two attached hydrogens (primary N) is 1. The number of sulfonamides is 1. The maximum atomic E-state index is 13.7. The van der Waals surface area contributed by atoms with Crippen LogP contribution in [0.3, 0.4) is 0 Å². The van der Waals surface area contributed by atoms with Gasteiger partial charge in [-0.15, -0.1) is 0 Å². The van der Waals surface area contributed by atoms with E-state index in [4.69, 9.17) is 5.73 Å². The number of hydrogen-bond acceptors (Lipinski definition) is 6. The van der Waals surface area contributed by atoms with Crippen molar-refractivity contribution in [2.24, 2.45) is 11.8 Å². The second kappa shape index (κ2) is 14.0. The topological polar surface area (TPSA) is 145 Å². The van der Waals surface area contributed by atoms with Gasteiger partial charge in [0.05, 0.1) is 17.0 Å². The average Bonchev–Trinajstić information content (AvgIpc) is 2.89. The molecule has 11 heteroatoms. The quantitative estimate of drug-likeness (QED) is 0.271. The fourth-order valence-corrected chi connectivity index (χ4v) is 6.56. The van der Waals surface area contributed by atoms with E-state index in [2.05, 4.69) is 10.6 Å². The number of nitrogen functional groups attached to an aromatic ring is 1. The maximum Gasteiger partial charge on any atom is 0.318 e. The molecule has 1 aliphatic rings. The van der Waals surface area contributed by atoms with Crippen LogP contribution >= 0.6 is 0 Å². The van der Waals surface area contributed by atoms with Crippen LogP contribution in [0.1, 0.15) is 39.7 Å². The van der Waals surface area contributed by atoms with Crippen molar-refractivity contribution in [1.82, 2.24) is 19.8 Å². The minimum absolute atomic E-state index is 0.0131. The predicted molar refractivity (Wildman–Crippen MR) is 156 cm³/mol. The van der Waals surface area contributed by atoms with Crippen LogP contribution in [-0.4, -0.2) is 79.0 Å². The molecular weight excluding hydrogens is 530 g/mol. The fourth-order valence-electron chi connectivity index (χ4n) is 4.94. The average molecular weight is 574 g/mol. The Hall–Kier alpha value is -3.15. The number of nitrogens with zero attached hydrogens (tertiary/aromatic N) is 2. The molecular formula is C29H43N5O5S. The summed E-state index contributed by atoms with van der Waals surface area (Å²) in [5.41, 5.74) is 7.08. The first-order valence-corrected chi connectivity index (χ1v) is 15.3. The Balaban J connectivity index is 1.89. The van der Waals surface area contributed by atoms with Crippen LogP contribution in [0, 0.1) is 11.8 Å². The van der Waals surface area contributed by atoms with Crippen molar-refractivity contribution in [3.8, 4) is 0 Å². The number of urea groups is 1. The van der Waals surface area contributed by atoms with E-state index in [1.807, 2.05) is 58.0 Å². The Morgan fingerprint density at radius 2 is 1.73 bits per heavy atom. The smallest absolute Gasteiger partial charge is 0.318 e. The van der Waals surface area contributed by atoms with Gasteiger partial charge < -0.3 is 26.4 Å². The number of aliphatic hydroxyl groups excluding tert-OH is 1. The highest BCUT2D eigenvalue weighted by atomic mass is 32.2. The second-order valence-electron chi connectivity index (χ2n) is 11.1. The van der Waals surface area contributed by atoms with Crippen molar-refractivity contribution in [1.29, 1.82) is 0 Å². The lowest BCUT2D eigenvalue weighted by atomic mass is 9.97. The lowest BCUT2D eigenvalue weighted by Crippen LogP contribution is -2.60. The summed E-state index contributed by atoms with van der Waals surface area (Å²) in [6.07, 6.45) is -0.220. The van der Waals surface area contributed by atoms with E-state index in [0.29, 0.717) is 18.8 Å². The van der Waals surface area contributed by atoms with Crippen LogP contribution < -0.4 is 16.4 Å². The Labute approximate surface area is 238 Å². The van der Waals surface area contributed by atoms with Crippen LogP contribution in [0.15, 0.2) is 59.5 Å². The SMILES string of the molecule is CC(C)CN(C[C@@H](O)[C@H](Cc1ccccc1)NC(=O)[C@H](C(C)C)N1CCCNC1=O)S(=O)(=O)c1ccc(N)cc1. The molecule has 40 heavy (non-hydrogen) atoms. The van der Waals surface area contributed by atoms with Gasteiger partial charge in [0.15, 0.2) is 0 Å². The van der Waals surface area contributed by atoms with Crippen molar-refractivity contribution < 1.29 is 23.1 Å². The fraction of sp³-hybridized carbons (Fsp3) is 0.517. The van der Waals surface area contributed by atoms with Crippen LogP contribution in [0.25, 0.3) is 0 Å². The number of aliphatic hydroxyl groups is 1. The first kappa shape index (κ1) is 31.4. The molecule has 2 aromatic rings. The number of hydrogen-bond donors (Lipinski definition) is 4. The third-order valence-corrected chi connectivity index (χ3v) is 8.76. The van der Waals surface area contributed by atoms with Crippen molar-refractivity contribution >= 4 is 27.6 Å². The molecule has 1 fully saturated rings. The molecule has 10 nitrogen and oxygen atoms in total. The number of nitrogens with one attached hydrogen (secondary N) is 2. The third-order valence-electron chi connectivity index (χ3n) is 6.92. The van der Waals surface area contributed by atoms with E-state index in [1.54, 1.807) is 0 Å². The summed E-state index contributed by atoms with van der Waals surface area (Å²) in [6.45, 7) is 8.52. The largest absolute Gasteiger partial charge is 0.399 e.